The molecule has 1 heterocycles. The zero-order valence-electron chi connectivity index (χ0n) is 11.0. The summed E-state index contributed by atoms with van der Waals surface area (Å²) in [4.78, 5) is 12.2. The minimum atomic E-state index is -1.27. The maximum absolute atomic E-state index is 12.2. The molecule has 0 saturated heterocycles. The van der Waals surface area contributed by atoms with Crippen LogP contribution < -0.4 is 5.73 Å². The van der Waals surface area contributed by atoms with Crippen molar-refractivity contribution in [3.8, 4) is 0 Å². The molecular formula is C15H17NO3. The van der Waals surface area contributed by atoms with E-state index in [-0.39, 0.29) is 5.92 Å². The number of carbonyl (C=O) groups excluding carboxylic acids is 1. The first-order chi connectivity index (χ1) is 9.10. The number of rotatable bonds is 4. The third-order valence-corrected chi connectivity index (χ3v) is 3.43. The molecule has 2 atom stereocenters. The molecule has 0 amide bonds. The van der Waals surface area contributed by atoms with Crippen molar-refractivity contribution in [2.45, 2.75) is 18.4 Å². The van der Waals surface area contributed by atoms with Crippen molar-refractivity contribution in [1.29, 1.82) is 0 Å². The molecule has 0 aliphatic carbocycles. The Hall–Kier alpha value is -2.07. The summed E-state index contributed by atoms with van der Waals surface area (Å²) in [6.45, 7) is 1.85. The molecule has 0 aliphatic rings. The van der Waals surface area contributed by atoms with Gasteiger partial charge in [0, 0.05) is 5.92 Å². The maximum atomic E-state index is 12.2. The number of hydrogen-bond acceptors (Lipinski definition) is 4. The second-order valence-corrected chi connectivity index (χ2v) is 4.46. The zero-order chi connectivity index (χ0) is 13.9. The number of nitrogens with two attached hydrogens (primary N) is 1. The quantitative estimate of drug-likeness (QED) is 0.856. The van der Waals surface area contributed by atoms with Gasteiger partial charge in [-0.25, -0.2) is 4.79 Å². The lowest BCUT2D eigenvalue weighted by Gasteiger charge is -2.32. The fourth-order valence-corrected chi connectivity index (χ4v) is 2.19. The van der Waals surface area contributed by atoms with E-state index in [4.69, 9.17) is 14.9 Å². The first-order valence-electron chi connectivity index (χ1n) is 6.07. The minimum Gasteiger partial charge on any atom is -0.469 e. The van der Waals surface area contributed by atoms with Gasteiger partial charge in [0.15, 0.2) is 0 Å². The molecule has 0 radical (unpaired) electrons. The highest BCUT2D eigenvalue weighted by Crippen LogP contribution is 2.35. The number of esters is 1. The molecule has 0 bridgehead atoms. The third kappa shape index (κ3) is 2.27. The summed E-state index contributed by atoms with van der Waals surface area (Å²) in [5.74, 6) is -0.170. The van der Waals surface area contributed by atoms with Gasteiger partial charge in [0.05, 0.1) is 13.4 Å². The number of benzene rings is 1. The fraction of sp³-hybridized carbons (Fsp3) is 0.267. The number of ether oxygens (including phenoxy) is 1. The van der Waals surface area contributed by atoms with Crippen LogP contribution in [0, 0.1) is 0 Å². The van der Waals surface area contributed by atoms with E-state index >= 15 is 0 Å². The van der Waals surface area contributed by atoms with Crippen molar-refractivity contribution in [2.24, 2.45) is 5.73 Å². The lowest BCUT2D eigenvalue weighted by molar-refractivity contribution is -0.148. The molecular weight excluding hydrogens is 242 g/mol. The van der Waals surface area contributed by atoms with Crippen molar-refractivity contribution < 1.29 is 13.9 Å². The fourth-order valence-electron chi connectivity index (χ4n) is 2.19. The monoisotopic (exact) mass is 259 g/mol. The Bertz CT molecular complexity index is 536. The second kappa shape index (κ2) is 5.28. The van der Waals surface area contributed by atoms with Crippen molar-refractivity contribution >= 4 is 5.97 Å². The van der Waals surface area contributed by atoms with Crippen molar-refractivity contribution in [1.82, 2.24) is 0 Å². The molecule has 1 aromatic heterocycles. The van der Waals surface area contributed by atoms with Crippen LogP contribution in [0.5, 0.6) is 0 Å². The highest BCUT2D eigenvalue weighted by molar-refractivity contribution is 5.83. The van der Waals surface area contributed by atoms with E-state index < -0.39 is 11.5 Å². The van der Waals surface area contributed by atoms with E-state index in [2.05, 4.69) is 0 Å². The molecule has 19 heavy (non-hydrogen) atoms. The Morgan fingerprint density at radius 1 is 1.26 bits per heavy atom. The van der Waals surface area contributed by atoms with Crippen LogP contribution in [0.4, 0.5) is 0 Å². The van der Waals surface area contributed by atoms with Gasteiger partial charge in [0.1, 0.15) is 11.3 Å². The second-order valence-electron chi connectivity index (χ2n) is 4.46. The predicted molar refractivity (Wildman–Crippen MR) is 71.4 cm³/mol. The van der Waals surface area contributed by atoms with Gasteiger partial charge in [0.2, 0.25) is 0 Å². The molecule has 0 aliphatic heterocycles. The molecule has 0 saturated carbocycles. The van der Waals surface area contributed by atoms with Crippen LogP contribution in [0.3, 0.4) is 0 Å². The van der Waals surface area contributed by atoms with Gasteiger partial charge in [-0.1, -0.05) is 37.3 Å². The van der Waals surface area contributed by atoms with Crippen LogP contribution in [0.2, 0.25) is 0 Å². The first-order valence-corrected chi connectivity index (χ1v) is 6.07. The van der Waals surface area contributed by atoms with E-state index in [0.29, 0.717) is 11.3 Å². The van der Waals surface area contributed by atoms with E-state index in [0.717, 1.165) is 0 Å². The van der Waals surface area contributed by atoms with Gasteiger partial charge in [-0.2, -0.15) is 0 Å². The zero-order valence-corrected chi connectivity index (χ0v) is 11.0. The summed E-state index contributed by atoms with van der Waals surface area (Å²) in [7, 11) is 1.34. The Balaban J connectivity index is 2.50. The van der Waals surface area contributed by atoms with Crippen molar-refractivity contribution in [3.63, 3.8) is 0 Å². The molecule has 100 valence electrons. The summed E-state index contributed by atoms with van der Waals surface area (Å²) in [5.41, 5.74) is 5.80. The number of carbonyl (C=O) groups is 1. The summed E-state index contributed by atoms with van der Waals surface area (Å²) in [6.07, 6.45) is 1.56. The molecule has 2 N–H and O–H groups in total. The van der Waals surface area contributed by atoms with E-state index in [1.54, 1.807) is 18.4 Å². The van der Waals surface area contributed by atoms with Gasteiger partial charge in [-0.05, 0) is 17.7 Å². The van der Waals surface area contributed by atoms with Crippen LogP contribution in [-0.4, -0.2) is 13.1 Å². The highest BCUT2D eigenvalue weighted by atomic mass is 16.5. The van der Waals surface area contributed by atoms with Crippen molar-refractivity contribution in [3.05, 3.63) is 60.1 Å². The highest BCUT2D eigenvalue weighted by Gasteiger charge is 2.44. The van der Waals surface area contributed by atoms with E-state index in [9.17, 15) is 4.79 Å². The molecule has 2 aromatic rings. The molecule has 0 spiro atoms. The SMILES string of the molecule is COC(=O)C(N)(c1ccccc1)C(C)c1ccco1. The number of methoxy groups -OCH3 is 1. The Morgan fingerprint density at radius 2 is 1.95 bits per heavy atom. The largest absolute Gasteiger partial charge is 0.469 e. The van der Waals surface area contributed by atoms with Crippen LogP contribution in [-0.2, 0) is 15.1 Å². The van der Waals surface area contributed by atoms with Gasteiger partial charge >= 0.3 is 5.97 Å². The van der Waals surface area contributed by atoms with Gasteiger partial charge in [-0.15, -0.1) is 0 Å². The molecule has 0 fully saturated rings. The average molecular weight is 259 g/mol. The van der Waals surface area contributed by atoms with Crippen LogP contribution in [0.1, 0.15) is 24.2 Å². The normalized spacial score (nSPS) is 15.5. The van der Waals surface area contributed by atoms with Gasteiger partial charge < -0.3 is 14.9 Å². The van der Waals surface area contributed by atoms with Crippen molar-refractivity contribution in [2.75, 3.05) is 7.11 Å². The van der Waals surface area contributed by atoms with Crippen LogP contribution >= 0.6 is 0 Å². The first kappa shape index (κ1) is 13.4. The number of furan rings is 1. The minimum absolute atomic E-state index is 0.336. The lowest BCUT2D eigenvalue weighted by Crippen LogP contribution is -2.49. The summed E-state index contributed by atoms with van der Waals surface area (Å²) >= 11 is 0. The summed E-state index contributed by atoms with van der Waals surface area (Å²) < 4.78 is 10.3. The van der Waals surface area contributed by atoms with Crippen LogP contribution in [0.15, 0.2) is 53.1 Å². The molecule has 2 rings (SSSR count). The topological polar surface area (TPSA) is 65.5 Å². The molecule has 4 heteroatoms. The van der Waals surface area contributed by atoms with Gasteiger partial charge in [0.25, 0.3) is 0 Å². The van der Waals surface area contributed by atoms with Crippen LogP contribution in [0.25, 0.3) is 0 Å². The third-order valence-electron chi connectivity index (χ3n) is 3.43. The maximum Gasteiger partial charge on any atom is 0.331 e. The molecule has 2 unspecified atom stereocenters. The summed E-state index contributed by atoms with van der Waals surface area (Å²) in [6, 6.07) is 12.8. The lowest BCUT2D eigenvalue weighted by atomic mass is 9.78. The predicted octanol–water partition coefficient (Wildman–Crippen LogP) is 2.41. The Labute approximate surface area is 112 Å². The number of hydrogen-bond donors (Lipinski definition) is 1. The Morgan fingerprint density at radius 3 is 2.47 bits per heavy atom. The van der Waals surface area contributed by atoms with Gasteiger partial charge in [-0.3, -0.25) is 0 Å². The smallest absolute Gasteiger partial charge is 0.331 e. The molecule has 1 aromatic carbocycles. The average Bonchev–Trinajstić information content (AvgIpc) is 2.99. The van der Waals surface area contributed by atoms with E-state index in [1.807, 2.05) is 37.3 Å². The Kier molecular flexibility index (Phi) is 3.71. The summed E-state index contributed by atoms with van der Waals surface area (Å²) in [5, 5.41) is 0. The molecule has 4 nitrogen and oxygen atoms in total. The standard InChI is InChI=1S/C15H17NO3/c1-11(13-9-6-10-19-13)15(16,14(17)18-2)12-7-4-3-5-8-12/h3-11H,16H2,1-2H3. The van der Waals surface area contributed by atoms with E-state index in [1.165, 1.54) is 7.11 Å².